The first kappa shape index (κ1) is 11.7. The van der Waals surface area contributed by atoms with E-state index in [0.29, 0.717) is 13.2 Å². The molecule has 0 aromatic carbocycles. The molecule has 1 fully saturated rings. The molecule has 1 rings (SSSR count). The number of hydrogen-bond donors (Lipinski definition) is 2. The Morgan fingerprint density at radius 3 is 2.80 bits per heavy atom. The van der Waals surface area contributed by atoms with E-state index in [2.05, 4.69) is 0 Å². The quantitative estimate of drug-likeness (QED) is 0.580. The van der Waals surface area contributed by atoms with Crippen molar-refractivity contribution in [3.8, 4) is 0 Å². The zero-order valence-electron chi connectivity index (χ0n) is 8.13. The van der Waals surface area contributed by atoms with Gasteiger partial charge in [0.1, 0.15) is 0 Å². The fourth-order valence-electron chi connectivity index (χ4n) is 1.33. The Balaban J connectivity index is 2.59. The van der Waals surface area contributed by atoms with E-state index in [-0.39, 0.29) is 19.3 Å². The molecule has 0 radical (unpaired) electrons. The third-order valence-electron chi connectivity index (χ3n) is 2.09. The number of aliphatic carboxylic acids is 1. The minimum Gasteiger partial charge on any atom is -0.478 e. The number of hydrogen-bond acceptors (Lipinski definition) is 4. The topological polar surface area (TPSA) is 87.1 Å². The number of carbonyl (C=O) groups excluding carboxylic acids is 1. The van der Waals surface area contributed by atoms with Crippen molar-refractivity contribution < 1.29 is 24.5 Å². The summed E-state index contributed by atoms with van der Waals surface area (Å²) in [5, 5.41) is 17.3. The first-order valence-electron chi connectivity index (χ1n) is 4.55. The summed E-state index contributed by atoms with van der Waals surface area (Å²) >= 11 is 0. The lowest BCUT2D eigenvalue weighted by Gasteiger charge is -2.33. The molecule has 0 bridgehead atoms. The Morgan fingerprint density at radius 1 is 1.47 bits per heavy atom. The van der Waals surface area contributed by atoms with Crippen LogP contribution in [0, 0.1) is 0 Å². The lowest BCUT2D eigenvalue weighted by molar-refractivity contribution is -0.137. The molecule has 6 heteroatoms. The standard InChI is InChI=1S/C9H13NO5/c11-5-7-6-15-4-3-10(7)8(12)1-2-9(13)14/h1-2,7,11H,3-6H2,(H,13,14)/b2-1+. The third kappa shape index (κ3) is 3.34. The van der Waals surface area contributed by atoms with Crippen LogP contribution in [0.3, 0.4) is 0 Å². The Kier molecular flexibility index (Phi) is 4.26. The molecule has 84 valence electrons. The molecule has 6 nitrogen and oxygen atoms in total. The largest absolute Gasteiger partial charge is 0.478 e. The summed E-state index contributed by atoms with van der Waals surface area (Å²) in [5.41, 5.74) is 0. The average molecular weight is 215 g/mol. The van der Waals surface area contributed by atoms with Crippen LogP contribution < -0.4 is 0 Å². The van der Waals surface area contributed by atoms with Crippen molar-refractivity contribution in [1.29, 1.82) is 0 Å². The van der Waals surface area contributed by atoms with Gasteiger partial charge in [-0.2, -0.15) is 0 Å². The maximum Gasteiger partial charge on any atom is 0.328 e. The highest BCUT2D eigenvalue weighted by Gasteiger charge is 2.25. The summed E-state index contributed by atoms with van der Waals surface area (Å²) in [5.74, 6) is -1.59. The number of amides is 1. The SMILES string of the molecule is O=C(O)/C=C/C(=O)N1CCOCC1CO. The smallest absolute Gasteiger partial charge is 0.328 e. The Hall–Kier alpha value is -1.40. The Morgan fingerprint density at radius 2 is 2.20 bits per heavy atom. The molecular weight excluding hydrogens is 202 g/mol. The van der Waals surface area contributed by atoms with E-state index >= 15 is 0 Å². The number of aliphatic hydroxyl groups is 1. The van der Waals surface area contributed by atoms with E-state index in [0.717, 1.165) is 12.2 Å². The lowest BCUT2D eigenvalue weighted by Crippen LogP contribution is -2.49. The number of rotatable bonds is 3. The molecule has 15 heavy (non-hydrogen) atoms. The molecule has 1 atom stereocenters. The molecule has 0 spiro atoms. The van der Waals surface area contributed by atoms with Gasteiger partial charge in [-0.15, -0.1) is 0 Å². The van der Waals surface area contributed by atoms with Crippen molar-refractivity contribution in [1.82, 2.24) is 4.90 Å². The highest BCUT2D eigenvalue weighted by molar-refractivity contribution is 5.94. The van der Waals surface area contributed by atoms with Gasteiger partial charge in [-0.3, -0.25) is 4.79 Å². The first-order chi connectivity index (χ1) is 7.15. The van der Waals surface area contributed by atoms with Gasteiger partial charge in [-0.25, -0.2) is 4.79 Å². The van der Waals surface area contributed by atoms with Gasteiger partial charge in [0, 0.05) is 18.7 Å². The van der Waals surface area contributed by atoms with Crippen molar-refractivity contribution in [3.63, 3.8) is 0 Å². The van der Waals surface area contributed by atoms with E-state index in [9.17, 15) is 9.59 Å². The maximum atomic E-state index is 11.5. The second kappa shape index (κ2) is 5.47. The van der Waals surface area contributed by atoms with Gasteiger partial charge >= 0.3 is 5.97 Å². The molecule has 0 aliphatic carbocycles. The second-order valence-corrected chi connectivity index (χ2v) is 3.11. The normalized spacial score (nSPS) is 21.9. The predicted molar refractivity (Wildman–Crippen MR) is 50.2 cm³/mol. The number of morpholine rings is 1. The fraction of sp³-hybridized carbons (Fsp3) is 0.556. The molecular formula is C9H13NO5. The third-order valence-corrected chi connectivity index (χ3v) is 2.09. The Bertz CT molecular complexity index is 276. The zero-order chi connectivity index (χ0) is 11.3. The van der Waals surface area contributed by atoms with Crippen LogP contribution in [0.25, 0.3) is 0 Å². The Labute approximate surface area is 86.7 Å². The van der Waals surface area contributed by atoms with Crippen LogP contribution in [0.15, 0.2) is 12.2 Å². The number of ether oxygens (including phenoxy) is 1. The summed E-state index contributed by atoms with van der Waals surface area (Å²) in [6, 6.07) is -0.385. The van der Waals surface area contributed by atoms with Crippen LogP contribution in [0.1, 0.15) is 0 Å². The van der Waals surface area contributed by atoms with E-state index < -0.39 is 11.9 Å². The number of nitrogens with zero attached hydrogens (tertiary/aromatic N) is 1. The van der Waals surface area contributed by atoms with Gasteiger partial charge in [-0.05, 0) is 0 Å². The molecule has 2 N–H and O–H groups in total. The highest BCUT2D eigenvalue weighted by Crippen LogP contribution is 2.07. The van der Waals surface area contributed by atoms with E-state index in [1.807, 2.05) is 0 Å². The zero-order valence-corrected chi connectivity index (χ0v) is 8.13. The van der Waals surface area contributed by atoms with Crippen LogP contribution in [-0.4, -0.2) is 59.4 Å². The second-order valence-electron chi connectivity index (χ2n) is 3.11. The fourth-order valence-corrected chi connectivity index (χ4v) is 1.33. The molecule has 1 saturated heterocycles. The van der Waals surface area contributed by atoms with Crippen molar-refractivity contribution in [2.45, 2.75) is 6.04 Å². The first-order valence-corrected chi connectivity index (χ1v) is 4.55. The minimum absolute atomic E-state index is 0.188. The van der Waals surface area contributed by atoms with Gasteiger partial charge in [0.05, 0.1) is 25.9 Å². The van der Waals surface area contributed by atoms with Crippen molar-refractivity contribution in [3.05, 3.63) is 12.2 Å². The number of carboxylic acid groups (broad SMARTS) is 1. The van der Waals surface area contributed by atoms with Gasteiger partial charge in [0.15, 0.2) is 0 Å². The van der Waals surface area contributed by atoms with Gasteiger partial charge < -0.3 is 19.8 Å². The minimum atomic E-state index is -1.17. The van der Waals surface area contributed by atoms with Gasteiger partial charge in [-0.1, -0.05) is 0 Å². The predicted octanol–water partition coefficient (Wildman–Crippen LogP) is -1.15. The lowest BCUT2D eigenvalue weighted by atomic mass is 10.2. The molecule has 0 aromatic rings. The van der Waals surface area contributed by atoms with Crippen molar-refractivity contribution >= 4 is 11.9 Å². The number of carboxylic acids is 1. The average Bonchev–Trinajstić information content (AvgIpc) is 2.25. The molecule has 1 aliphatic rings. The van der Waals surface area contributed by atoms with Crippen LogP contribution in [0.5, 0.6) is 0 Å². The van der Waals surface area contributed by atoms with E-state index in [1.165, 1.54) is 4.90 Å². The monoisotopic (exact) mass is 215 g/mol. The maximum absolute atomic E-state index is 11.5. The summed E-state index contributed by atoms with van der Waals surface area (Å²) in [6.07, 6.45) is 1.77. The summed E-state index contributed by atoms with van der Waals surface area (Å²) < 4.78 is 5.08. The summed E-state index contributed by atoms with van der Waals surface area (Å²) in [6.45, 7) is 0.868. The molecule has 0 aromatic heterocycles. The van der Waals surface area contributed by atoms with Crippen LogP contribution >= 0.6 is 0 Å². The number of carbonyl (C=O) groups is 2. The molecule has 1 unspecified atom stereocenters. The van der Waals surface area contributed by atoms with Gasteiger partial charge in [0.25, 0.3) is 0 Å². The number of aliphatic hydroxyl groups excluding tert-OH is 1. The summed E-state index contributed by atoms with van der Waals surface area (Å²) in [7, 11) is 0. The van der Waals surface area contributed by atoms with Gasteiger partial charge in [0.2, 0.25) is 5.91 Å². The van der Waals surface area contributed by atoms with E-state index in [1.54, 1.807) is 0 Å². The molecule has 1 heterocycles. The van der Waals surface area contributed by atoms with Crippen molar-refractivity contribution in [2.24, 2.45) is 0 Å². The van der Waals surface area contributed by atoms with Crippen molar-refractivity contribution in [2.75, 3.05) is 26.4 Å². The molecule has 1 aliphatic heterocycles. The highest BCUT2D eigenvalue weighted by atomic mass is 16.5. The molecule has 0 saturated carbocycles. The van der Waals surface area contributed by atoms with Crippen LogP contribution in [-0.2, 0) is 14.3 Å². The molecule has 1 amide bonds. The van der Waals surface area contributed by atoms with Crippen LogP contribution in [0.2, 0.25) is 0 Å². The van der Waals surface area contributed by atoms with Crippen LogP contribution in [0.4, 0.5) is 0 Å². The summed E-state index contributed by atoms with van der Waals surface area (Å²) in [4.78, 5) is 23.1. The van der Waals surface area contributed by atoms with E-state index in [4.69, 9.17) is 14.9 Å².